The molecule has 0 aromatic rings. The Bertz CT molecular complexity index is 605. The number of hydrogen-bond donors (Lipinski definition) is 0. The van der Waals surface area contributed by atoms with Gasteiger partial charge in [-0.3, -0.25) is 0 Å². The highest BCUT2D eigenvalue weighted by Gasteiger charge is 2.66. The van der Waals surface area contributed by atoms with Crippen molar-refractivity contribution in [3.63, 3.8) is 0 Å². The minimum absolute atomic E-state index is 0.281. The van der Waals surface area contributed by atoms with Crippen LogP contribution in [0.3, 0.4) is 0 Å². The lowest BCUT2D eigenvalue weighted by molar-refractivity contribution is -0.283. The summed E-state index contributed by atoms with van der Waals surface area (Å²) < 4.78 is 12.3. The molecule has 5 rings (SSSR count). The van der Waals surface area contributed by atoms with E-state index in [-0.39, 0.29) is 5.60 Å². The summed E-state index contributed by atoms with van der Waals surface area (Å²) in [5.41, 5.74) is 2.23. The topological polar surface area (TPSA) is 18.5 Å². The molecular weight excluding hydrogens is 296 g/mol. The molecule has 1 saturated heterocycles. The quantitative estimate of drug-likeness (QED) is 0.689. The van der Waals surface area contributed by atoms with Crippen LogP contribution in [0.25, 0.3) is 0 Å². The van der Waals surface area contributed by atoms with E-state index in [9.17, 15) is 0 Å². The van der Waals surface area contributed by atoms with Crippen molar-refractivity contribution in [3.8, 4) is 0 Å². The van der Waals surface area contributed by atoms with Crippen LogP contribution in [-0.4, -0.2) is 18.3 Å². The Morgan fingerprint density at radius 2 is 2.00 bits per heavy atom. The molecule has 2 saturated carbocycles. The monoisotopic (exact) mass is 328 g/mol. The van der Waals surface area contributed by atoms with Crippen LogP contribution in [0.15, 0.2) is 23.5 Å². The predicted molar refractivity (Wildman–Crippen MR) is 95.5 cm³/mol. The third-order valence-corrected chi connectivity index (χ3v) is 8.52. The number of fused-ring (bicyclic) bond motifs is 4. The predicted octanol–water partition coefficient (Wildman–Crippen LogP) is 5.25. The average molecular weight is 328 g/mol. The van der Waals surface area contributed by atoms with E-state index in [0.717, 1.165) is 36.7 Å². The fraction of sp³-hybridized carbons (Fsp3) is 0.818. The van der Waals surface area contributed by atoms with Gasteiger partial charge in [0.25, 0.3) is 0 Å². The maximum atomic E-state index is 6.47. The van der Waals surface area contributed by atoms with Crippen LogP contribution in [0.4, 0.5) is 0 Å². The fourth-order valence-corrected chi connectivity index (χ4v) is 7.48. The zero-order chi connectivity index (χ0) is 16.5. The van der Waals surface area contributed by atoms with Crippen LogP contribution in [0.5, 0.6) is 0 Å². The average Bonchev–Trinajstić information content (AvgIpc) is 2.87. The summed E-state index contributed by atoms with van der Waals surface area (Å²) in [5.74, 6) is 4.60. The molecule has 5 aliphatic rings. The summed E-state index contributed by atoms with van der Waals surface area (Å²) >= 11 is 0. The minimum atomic E-state index is 0.281. The standard InChI is InChI=1S/C22H32O2/c1-4-23-16-9-11-21(3)15(13-16)5-6-17-19(21)10-12-22-18(14(2)24-22)7-8-20(17)22/h5,13-14,17-20H,4,6-12H2,1-3H3. The zero-order valence-electron chi connectivity index (χ0n) is 15.5. The minimum Gasteiger partial charge on any atom is -0.498 e. The van der Waals surface area contributed by atoms with Crippen LogP contribution in [-0.2, 0) is 9.47 Å². The SMILES string of the molecule is CCOC1=CC2=CCC3C(CCC45OC(C)C4CCC35)C2(C)CC1. The molecule has 3 fully saturated rings. The summed E-state index contributed by atoms with van der Waals surface area (Å²) in [6, 6.07) is 0. The van der Waals surface area contributed by atoms with Crippen molar-refractivity contribution in [1.82, 2.24) is 0 Å². The van der Waals surface area contributed by atoms with Crippen LogP contribution in [0.1, 0.15) is 65.7 Å². The second-order valence-corrected chi connectivity index (χ2v) is 9.23. The molecule has 132 valence electrons. The summed E-state index contributed by atoms with van der Waals surface area (Å²) in [7, 11) is 0. The first-order valence-corrected chi connectivity index (χ1v) is 10.3. The Hall–Kier alpha value is -0.760. The molecule has 1 heterocycles. The molecule has 0 radical (unpaired) electrons. The van der Waals surface area contributed by atoms with Crippen molar-refractivity contribution < 1.29 is 9.47 Å². The molecular formula is C22H32O2. The first-order chi connectivity index (χ1) is 11.6. The van der Waals surface area contributed by atoms with Crippen LogP contribution >= 0.6 is 0 Å². The van der Waals surface area contributed by atoms with E-state index < -0.39 is 0 Å². The summed E-state index contributed by atoms with van der Waals surface area (Å²) in [6.45, 7) is 7.73. The molecule has 0 bridgehead atoms. The van der Waals surface area contributed by atoms with Gasteiger partial charge in [-0.05, 0) is 87.2 Å². The molecule has 7 atom stereocenters. The van der Waals surface area contributed by atoms with Gasteiger partial charge in [0.15, 0.2) is 0 Å². The van der Waals surface area contributed by atoms with E-state index in [1.165, 1.54) is 44.3 Å². The molecule has 1 aliphatic heterocycles. The smallest absolute Gasteiger partial charge is 0.0962 e. The first-order valence-electron chi connectivity index (χ1n) is 10.3. The van der Waals surface area contributed by atoms with Gasteiger partial charge in [0, 0.05) is 12.3 Å². The van der Waals surface area contributed by atoms with E-state index in [1.807, 2.05) is 0 Å². The van der Waals surface area contributed by atoms with Crippen molar-refractivity contribution >= 4 is 0 Å². The molecule has 4 aliphatic carbocycles. The van der Waals surface area contributed by atoms with Crippen LogP contribution < -0.4 is 0 Å². The summed E-state index contributed by atoms with van der Waals surface area (Å²) in [4.78, 5) is 0. The lowest BCUT2D eigenvalue weighted by atomic mass is 9.49. The van der Waals surface area contributed by atoms with E-state index in [0.29, 0.717) is 11.5 Å². The maximum absolute atomic E-state index is 6.47. The van der Waals surface area contributed by atoms with Crippen molar-refractivity contribution in [2.24, 2.45) is 29.1 Å². The number of rotatable bonds is 2. The number of hydrogen-bond acceptors (Lipinski definition) is 2. The van der Waals surface area contributed by atoms with E-state index in [4.69, 9.17) is 9.47 Å². The van der Waals surface area contributed by atoms with Gasteiger partial charge in [-0.25, -0.2) is 0 Å². The molecule has 2 nitrogen and oxygen atoms in total. The lowest BCUT2D eigenvalue weighted by Gasteiger charge is -2.62. The Kier molecular flexibility index (Phi) is 3.31. The molecule has 0 aromatic carbocycles. The summed E-state index contributed by atoms with van der Waals surface area (Å²) in [5, 5.41) is 0. The largest absolute Gasteiger partial charge is 0.498 e. The highest BCUT2D eigenvalue weighted by Crippen LogP contribution is 2.67. The van der Waals surface area contributed by atoms with Crippen molar-refractivity contribution in [2.45, 2.75) is 77.4 Å². The Morgan fingerprint density at radius 1 is 1.17 bits per heavy atom. The Balaban J connectivity index is 1.46. The van der Waals surface area contributed by atoms with Crippen LogP contribution in [0, 0.1) is 29.1 Å². The zero-order valence-corrected chi connectivity index (χ0v) is 15.5. The second kappa shape index (κ2) is 5.13. The molecule has 0 amide bonds. The van der Waals surface area contributed by atoms with Crippen molar-refractivity contribution in [1.29, 1.82) is 0 Å². The van der Waals surface area contributed by atoms with Crippen molar-refractivity contribution in [2.75, 3.05) is 6.61 Å². The maximum Gasteiger partial charge on any atom is 0.0962 e. The highest BCUT2D eigenvalue weighted by molar-refractivity contribution is 5.36. The molecule has 1 spiro atoms. The molecule has 2 heteroatoms. The van der Waals surface area contributed by atoms with Gasteiger partial charge in [0.2, 0.25) is 0 Å². The normalized spacial score (nSPS) is 52.0. The van der Waals surface area contributed by atoms with E-state index in [2.05, 4.69) is 32.9 Å². The molecule has 0 aromatic heterocycles. The van der Waals surface area contributed by atoms with Gasteiger partial charge in [-0.2, -0.15) is 0 Å². The Morgan fingerprint density at radius 3 is 2.79 bits per heavy atom. The van der Waals surface area contributed by atoms with Gasteiger partial charge >= 0.3 is 0 Å². The van der Waals surface area contributed by atoms with E-state index in [1.54, 1.807) is 5.57 Å². The van der Waals surface area contributed by atoms with Gasteiger partial charge < -0.3 is 9.47 Å². The summed E-state index contributed by atoms with van der Waals surface area (Å²) in [6.07, 6.45) is 14.6. The van der Waals surface area contributed by atoms with E-state index >= 15 is 0 Å². The van der Waals surface area contributed by atoms with Gasteiger partial charge in [-0.1, -0.05) is 13.0 Å². The third-order valence-electron chi connectivity index (χ3n) is 8.52. The Labute approximate surface area is 146 Å². The third kappa shape index (κ3) is 1.81. The number of allylic oxidation sites excluding steroid dienone is 4. The van der Waals surface area contributed by atoms with Gasteiger partial charge in [0.1, 0.15) is 0 Å². The highest BCUT2D eigenvalue weighted by atomic mass is 16.5. The van der Waals surface area contributed by atoms with Gasteiger partial charge in [-0.15, -0.1) is 0 Å². The lowest BCUT2D eigenvalue weighted by Crippen LogP contribution is -2.64. The first kappa shape index (κ1) is 15.5. The molecule has 24 heavy (non-hydrogen) atoms. The van der Waals surface area contributed by atoms with Gasteiger partial charge in [0.05, 0.1) is 24.1 Å². The molecule has 7 unspecified atom stereocenters. The van der Waals surface area contributed by atoms with Crippen molar-refractivity contribution in [3.05, 3.63) is 23.5 Å². The number of ether oxygens (including phenoxy) is 2. The second-order valence-electron chi connectivity index (χ2n) is 9.23. The molecule has 0 N–H and O–H groups in total. The van der Waals surface area contributed by atoms with Crippen LogP contribution in [0.2, 0.25) is 0 Å². The fourth-order valence-electron chi connectivity index (χ4n) is 7.48.